The number of carbonyl (C=O) groups is 1. The average Bonchev–Trinajstić information content (AvgIpc) is 3.19. The summed E-state index contributed by atoms with van der Waals surface area (Å²) in [5.41, 5.74) is 4.96. The maximum atomic E-state index is 12.8. The standard InChI is InChI=1S/C23H20N4O2S/c1-14-9-10-17(11-15(14)2)19-13-30-23(24-19)25-22(29)21-20(28)12-16(3)27(26-21)18-7-5-4-6-8-18/h4-13H,1-3H3,(H,24,25,29). The molecule has 0 unspecified atom stereocenters. The number of rotatable bonds is 4. The number of benzene rings is 2. The van der Waals surface area contributed by atoms with Crippen molar-refractivity contribution in [3.05, 3.63) is 92.7 Å². The first-order valence-corrected chi connectivity index (χ1v) is 10.3. The van der Waals surface area contributed by atoms with Crippen molar-refractivity contribution in [2.45, 2.75) is 20.8 Å². The molecule has 0 saturated carbocycles. The third-order valence-electron chi connectivity index (χ3n) is 4.85. The highest BCUT2D eigenvalue weighted by Gasteiger charge is 2.17. The lowest BCUT2D eigenvalue weighted by Gasteiger charge is -2.10. The van der Waals surface area contributed by atoms with Gasteiger partial charge in [-0.1, -0.05) is 30.3 Å². The molecule has 1 N–H and O–H groups in total. The largest absolute Gasteiger partial charge is 0.296 e. The third kappa shape index (κ3) is 3.92. The number of nitrogens with zero attached hydrogens (tertiary/aromatic N) is 3. The van der Waals surface area contributed by atoms with Crippen molar-refractivity contribution in [3.63, 3.8) is 0 Å². The summed E-state index contributed by atoms with van der Waals surface area (Å²) in [6.45, 7) is 5.89. The Bertz CT molecular complexity index is 1290. The van der Waals surface area contributed by atoms with Crippen LogP contribution < -0.4 is 10.7 Å². The van der Waals surface area contributed by atoms with E-state index in [4.69, 9.17) is 0 Å². The molecule has 30 heavy (non-hydrogen) atoms. The van der Waals surface area contributed by atoms with Gasteiger partial charge in [-0.15, -0.1) is 11.3 Å². The Hall–Kier alpha value is -3.58. The van der Waals surface area contributed by atoms with E-state index in [-0.39, 0.29) is 5.69 Å². The normalized spacial score (nSPS) is 10.8. The molecule has 0 aliphatic rings. The van der Waals surface area contributed by atoms with Crippen molar-refractivity contribution in [2.24, 2.45) is 0 Å². The highest BCUT2D eigenvalue weighted by molar-refractivity contribution is 7.14. The summed E-state index contributed by atoms with van der Waals surface area (Å²) in [6.07, 6.45) is 0. The van der Waals surface area contributed by atoms with Gasteiger partial charge in [0.25, 0.3) is 5.91 Å². The summed E-state index contributed by atoms with van der Waals surface area (Å²) in [6, 6.07) is 16.9. The SMILES string of the molecule is Cc1ccc(-c2csc(NC(=O)c3nn(-c4ccccc4)c(C)cc3=O)n2)cc1C. The van der Waals surface area contributed by atoms with Crippen molar-refractivity contribution in [1.29, 1.82) is 0 Å². The van der Waals surface area contributed by atoms with Gasteiger partial charge in [-0.05, 0) is 50.1 Å². The molecule has 0 atom stereocenters. The van der Waals surface area contributed by atoms with Crippen molar-refractivity contribution in [3.8, 4) is 16.9 Å². The predicted octanol–water partition coefficient (Wildman–Crippen LogP) is 4.53. The number of aryl methyl sites for hydroxylation is 3. The van der Waals surface area contributed by atoms with Crippen LogP contribution in [0.4, 0.5) is 5.13 Å². The van der Waals surface area contributed by atoms with Gasteiger partial charge < -0.3 is 0 Å². The molecule has 4 rings (SSSR count). The van der Waals surface area contributed by atoms with E-state index in [9.17, 15) is 9.59 Å². The lowest BCUT2D eigenvalue weighted by molar-refractivity contribution is 0.101. The first-order valence-electron chi connectivity index (χ1n) is 9.43. The molecule has 4 aromatic rings. The molecule has 0 radical (unpaired) electrons. The van der Waals surface area contributed by atoms with Crippen LogP contribution >= 0.6 is 11.3 Å². The number of aromatic nitrogens is 3. The molecule has 0 bridgehead atoms. The van der Waals surface area contributed by atoms with Gasteiger partial charge in [-0.2, -0.15) is 5.10 Å². The molecule has 0 spiro atoms. The summed E-state index contributed by atoms with van der Waals surface area (Å²) in [7, 11) is 0. The number of carbonyl (C=O) groups excluding carboxylic acids is 1. The lowest BCUT2D eigenvalue weighted by Crippen LogP contribution is -2.26. The number of anilines is 1. The Balaban J connectivity index is 1.61. The molecule has 0 fully saturated rings. The number of amides is 1. The molecule has 2 heterocycles. The number of hydrogen-bond acceptors (Lipinski definition) is 5. The summed E-state index contributed by atoms with van der Waals surface area (Å²) in [5.74, 6) is -0.578. The molecule has 150 valence electrons. The lowest BCUT2D eigenvalue weighted by atomic mass is 10.1. The van der Waals surface area contributed by atoms with E-state index >= 15 is 0 Å². The first kappa shape index (κ1) is 19.7. The van der Waals surface area contributed by atoms with Gasteiger partial charge in [0.2, 0.25) is 5.43 Å². The minimum atomic E-state index is -0.578. The van der Waals surface area contributed by atoms with Gasteiger partial charge in [0, 0.05) is 22.7 Å². The molecule has 1 amide bonds. The number of para-hydroxylation sites is 1. The predicted molar refractivity (Wildman–Crippen MR) is 120 cm³/mol. The molecule has 0 aliphatic heterocycles. The Kier molecular flexibility index (Phi) is 5.29. The van der Waals surface area contributed by atoms with E-state index in [0.717, 1.165) is 16.9 Å². The van der Waals surface area contributed by atoms with Crippen LogP contribution in [-0.4, -0.2) is 20.7 Å². The van der Waals surface area contributed by atoms with Gasteiger partial charge in [0.15, 0.2) is 10.8 Å². The van der Waals surface area contributed by atoms with E-state index in [0.29, 0.717) is 10.8 Å². The van der Waals surface area contributed by atoms with Crippen LogP contribution in [0.15, 0.2) is 64.8 Å². The topological polar surface area (TPSA) is 76.9 Å². The molecular weight excluding hydrogens is 396 g/mol. The van der Waals surface area contributed by atoms with Crippen molar-refractivity contribution >= 4 is 22.4 Å². The molecule has 0 aliphatic carbocycles. The second-order valence-electron chi connectivity index (χ2n) is 7.04. The van der Waals surface area contributed by atoms with E-state index in [1.807, 2.05) is 47.8 Å². The fraction of sp³-hybridized carbons (Fsp3) is 0.130. The zero-order chi connectivity index (χ0) is 21.3. The number of nitrogens with one attached hydrogen (secondary N) is 1. The minimum absolute atomic E-state index is 0.174. The maximum Gasteiger partial charge on any atom is 0.281 e. The fourth-order valence-corrected chi connectivity index (χ4v) is 3.77. The highest BCUT2D eigenvalue weighted by atomic mass is 32.1. The Morgan fingerprint density at radius 1 is 1.00 bits per heavy atom. The zero-order valence-corrected chi connectivity index (χ0v) is 17.7. The van der Waals surface area contributed by atoms with E-state index < -0.39 is 11.3 Å². The van der Waals surface area contributed by atoms with Crippen LogP contribution in [0.2, 0.25) is 0 Å². The molecule has 6 nitrogen and oxygen atoms in total. The molecule has 7 heteroatoms. The molecule has 2 aromatic carbocycles. The van der Waals surface area contributed by atoms with Crippen molar-refractivity contribution in [2.75, 3.05) is 5.32 Å². The fourth-order valence-electron chi connectivity index (χ4n) is 3.06. The first-order chi connectivity index (χ1) is 14.4. The van der Waals surface area contributed by atoms with E-state index in [2.05, 4.69) is 35.3 Å². The summed E-state index contributed by atoms with van der Waals surface area (Å²) >= 11 is 1.31. The van der Waals surface area contributed by atoms with Gasteiger partial charge >= 0.3 is 0 Å². The summed E-state index contributed by atoms with van der Waals surface area (Å²) < 4.78 is 1.58. The van der Waals surface area contributed by atoms with Crippen LogP contribution in [0.1, 0.15) is 27.3 Å². The Morgan fingerprint density at radius 2 is 1.77 bits per heavy atom. The van der Waals surface area contributed by atoms with Gasteiger partial charge in [-0.3, -0.25) is 14.9 Å². The zero-order valence-electron chi connectivity index (χ0n) is 16.8. The summed E-state index contributed by atoms with van der Waals surface area (Å²) in [5, 5.41) is 9.30. The van der Waals surface area contributed by atoms with Crippen molar-refractivity contribution < 1.29 is 4.79 Å². The smallest absolute Gasteiger partial charge is 0.281 e. The number of thiazole rings is 1. The molecule has 2 aromatic heterocycles. The Morgan fingerprint density at radius 3 is 2.50 bits per heavy atom. The maximum absolute atomic E-state index is 12.8. The summed E-state index contributed by atoms with van der Waals surface area (Å²) in [4.78, 5) is 29.6. The average molecular weight is 417 g/mol. The van der Waals surface area contributed by atoms with Crippen LogP contribution in [0.3, 0.4) is 0 Å². The van der Waals surface area contributed by atoms with Gasteiger partial charge in [-0.25, -0.2) is 9.67 Å². The second kappa shape index (κ2) is 8.04. The van der Waals surface area contributed by atoms with Crippen LogP contribution in [0.5, 0.6) is 0 Å². The highest BCUT2D eigenvalue weighted by Crippen LogP contribution is 2.26. The quantitative estimate of drug-likeness (QED) is 0.530. The van der Waals surface area contributed by atoms with Gasteiger partial charge in [0.1, 0.15) is 0 Å². The number of hydrogen-bond donors (Lipinski definition) is 1. The van der Waals surface area contributed by atoms with Crippen LogP contribution in [0, 0.1) is 20.8 Å². The van der Waals surface area contributed by atoms with Crippen molar-refractivity contribution in [1.82, 2.24) is 14.8 Å². The monoisotopic (exact) mass is 416 g/mol. The molecular formula is C23H20N4O2S. The molecule has 0 saturated heterocycles. The van der Waals surface area contributed by atoms with Gasteiger partial charge in [0.05, 0.1) is 11.4 Å². The van der Waals surface area contributed by atoms with E-state index in [1.165, 1.54) is 28.5 Å². The minimum Gasteiger partial charge on any atom is -0.296 e. The third-order valence-corrected chi connectivity index (χ3v) is 5.61. The van der Waals surface area contributed by atoms with E-state index in [1.54, 1.807) is 11.6 Å². The Labute approximate surface area is 177 Å². The van der Waals surface area contributed by atoms with Crippen LogP contribution in [-0.2, 0) is 0 Å². The second-order valence-corrected chi connectivity index (χ2v) is 7.90. The van der Waals surface area contributed by atoms with Crippen LogP contribution in [0.25, 0.3) is 16.9 Å².